The lowest BCUT2D eigenvalue weighted by Crippen LogP contribution is -2.43. The molecule has 2 aliphatic rings. The van der Waals surface area contributed by atoms with E-state index in [2.05, 4.69) is 10.6 Å². The zero-order valence-corrected chi connectivity index (χ0v) is 14.7. The number of urea groups is 1. The number of carbonyl (C=O) groups excluding carboxylic acids is 3. The minimum Gasteiger partial charge on any atom is -0.454 e. The number of carbonyl (C=O) groups is 3. The molecule has 0 bridgehead atoms. The molecule has 2 heterocycles. The second-order valence-electron chi connectivity index (χ2n) is 6.21. The van der Waals surface area contributed by atoms with Gasteiger partial charge in [-0.05, 0) is 31.0 Å². The standard InChI is InChI=1S/C17H21N3O6/c1-17(11-4-5-12-13(8-11)26-10-25-12)15(22)20(16(23)19-17)9-14(21)18-6-3-7-24-2/h4-5,8H,3,6-7,9-10H2,1-2H3,(H,18,21)(H,19,23)/t17-/m0/s1. The summed E-state index contributed by atoms with van der Waals surface area (Å²) in [6, 6.07) is 4.43. The Hall–Kier alpha value is -2.81. The molecule has 0 spiro atoms. The van der Waals surface area contributed by atoms with Gasteiger partial charge in [0.05, 0.1) is 0 Å². The van der Waals surface area contributed by atoms with E-state index in [-0.39, 0.29) is 13.3 Å². The first-order valence-electron chi connectivity index (χ1n) is 8.25. The maximum atomic E-state index is 12.8. The molecule has 1 saturated heterocycles. The van der Waals surface area contributed by atoms with Crippen molar-refractivity contribution < 1.29 is 28.6 Å². The van der Waals surface area contributed by atoms with Crippen LogP contribution in [-0.4, -0.2) is 56.3 Å². The molecule has 9 nitrogen and oxygen atoms in total. The van der Waals surface area contributed by atoms with Gasteiger partial charge in [-0.15, -0.1) is 0 Å². The minimum atomic E-state index is -1.27. The molecule has 2 N–H and O–H groups in total. The summed E-state index contributed by atoms with van der Waals surface area (Å²) in [7, 11) is 1.58. The first-order chi connectivity index (χ1) is 12.5. The Balaban J connectivity index is 1.69. The van der Waals surface area contributed by atoms with Gasteiger partial charge in [-0.1, -0.05) is 6.07 Å². The van der Waals surface area contributed by atoms with Crippen LogP contribution in [0.3, 0.4) is 0 Å². The van der Waals surface area contributed by atoms with E-state index < -0.39 is 23.4 Å². The Labute approximate surface area is 150 Å². The number of benzene rings is 1. The van der Waals surface area contributed by atoms with Crippen molar-refractivity contribution in [3.05, 3.63) is 23.8 Å². The van der Waals surface area contributed by atoms with E-state index in [9.17, 15) is 14.4 Å². The van der Waals surface area contributed by atoms with Gasteiger partial charge in [0.1, 0.15) is 12.1 Å². The zero-order valence-electron chi connectivity index (χ0n) is 14.7. The van der Waals surface area contributed by atoms with E-state index >= 15 is 0 Å². The van der Waals surface area contributed by atoms with Crippen LogP contribution in [0.15, 0.2) is 18.2 Å². The summed E-state index contributed by atoms with van der Waals surface area (Å²) in [5.74, 6) is 0.203. The lowest BCUT2D eigenvalue weighted by molar-refractivity contribution is -0.134. The number of methoxy groups -OCH3 is 1. The van der Waals surface area contributed by atoms with Gasteiger partial charge < -0.3 is 24.8 Å². The smallest absolute Gasteiger partial charge is 0.325 e. The highest BCUT2D eigenvalue weighted by Gasteiger charge is 2.49. The van der Waals surface area contributed by atoms with Crippen molar-refractivity contribution in [2.24, 2.45) is 0 Å². The maximum absolute atomic E-state index is 12.8. The van der Waals surface area contributed by atoms with Crippen molar-refractivity contribution in [3.63, 3.8) is 0 Å². The summed E-state index contributed by atoms with van der Waals surface area (Å²) in [5.41, 5.74) is -0.711. The predicted molar refractivity (Wildman–Crippen MR) is 89.7 cm³/mol. The fourth-order valence-electron chi connectivity index (χ4n) is 2.89. The number of hydrogen-bond donors (Lipinski definition) is 2. The average Bonchev–Trinajstić information content (AvgIpc) is 3.17. The maximum Gasteiger partial charge on any atom is 0.325 e. The van der Waals surface area contributed by atoms with Crippen molar-refractivity contribution in [1.82, 2.24) is 15.5 Å². The Bertz CT molecular complexity index is 737. The van der Waals surface area contributed by atoms with E-state index in [0.717, 1.165) is 4.90 Å². The van der Waals surface area contributed by atoms with Gasteiger partial charge in [-0.3, -0.25) is 14.5 Å². The molecule has 0 unspecified atom stereocenters. The van der Waals surface area contributed by atoms with Gasteiger partial charge >= 0.3 is 6.03 Å². The number of nitrogens with one attached hydrogen (secondary N) is 2. The van der Waals surface area contributed by atoms with Crippen LogP contribution in [0.25, 0.3) is 0 Å². The number of rotatable bonds is 7. The molecular formula is C17H21N3O6. The largest absolute Gasteiger partial charge is 0.454 e. The van der Waals surface area contributed by atoms with Crippen LogP contribution in [-0.2, 0) is 19.9 Å². The zero-order chi connectivity index (χ0) is 18.7. The molecule has 1 aromatic carbocycles. The summed E-state index contributed by atoms with van der Waals surface area (Å²) in [6.45, 7) is 2.31. The average molecular weight is 363 g/mol. The van der Waals surface area contributed by atoms with Crippen molar-refractivity contribution in [2.45, 2.75) is 18.9 Å². The predicted octanol–water partition coefficient (Wildman–Crippen LogP) is 0.335. The van der Waals surface area contributed by atoms with Gasteiger partial charge in [-0.25, -0.2) is 4.79 Å². The Morgan fingerprint density at radius 2 is 2.12 bits per heavy atom. The Morgan fingerprint density at radius 3 is 2.88 bits per heavy atom. The number of fused-ring (bicyclic) bond motifs is 1. The van der Waals surface area contributed by atoms with Crippen molar-refractivity contribution in [3.8, 4) is 11.5 Å². The quantitative estimate of drug-likeness (QED) is 0.534. The fraction of sp³-hybridized carbons (Fsp3) is 0.471. The van der Waals surface area contributed by atoms with Crippen LogP contribution in [0.2, 0.25) is 0 Å². The molecule has 26 heavy (non-hydrogen) atoms. The lowest BCUT2D eigenvalue weighted by atomic mass is 9.91. The topological polar surface area (TPSA) is 106 Å². The molecule has 0 radical (unpaired) electrons. The van der Waals surface area contributed by atoms with Crippen LogP contribution >= 0.6 is 0 Å². The van der Waals surface area contributed by atoms with Crippen LogP contribution in [0.5, 0.6) is 11.5 Å². The molecule has 3 rings (SSSR count). The summed E-state index contributed by atoms with van der Waals surface area (Å²) in [5, 5.41) is 5.32. The first-order valence-corrected chi connectivity index (χ1v) is 8.25. The molecule has 1 fully saturated rings. The minimum absolute atomic E-state index is 0.116. The number of nitrogens with zero attached hydrogens (tertiary/aromatic N) is 1. The summed E-state index contributed by atoms with van der Waals surface area (Å²) >= 11 is 0. The molecule has 0 aromatic heterocycles. The van der Waals surface area contributed by atoms with E-state index in [1.54, 1.807) is 32.2 Å². The lowest BCUT2D eigenvalue weighted by Gasteiger charge is -2.22. The Morgan fingerprint density at radius 1 is 1.35 bits per heavy atom. The first kappa shape index (κ1) is 18.0. The molecule has 140 valence electrons. The molecule has 9 heteroatoms. The highest BCUT2D eigenvalue weighted by Crippen LogP contribution is 2.37. The third kappa shape index (κ3) is 3.30. The summed E-state index contributed by atoms with van der Waals surface area (Å²) in [6.07, 6.45) is 0.650. The monoisotopic (exact) mass is 363 g/mol. The van der Waals surface area contributed by atoms with E-state index in [0.29, 0.717) is 36.6 Å². The number of imide groups is 1. The van der Waals surface area contributed by atoms with Crippen molar-refractivity contribution in [1.29, 1.82) is 0 Å². The molecule has 1 atom stereocenters. The third-order valence-electron chi connectivity index (χ3n) is 4.37. The van der Waals surface area contributed by atoms with Crippen LogP contribution < -0.4 is 20.1 Å². The van der Waals surface area contributed by atoms with Gasteiger partial charge in [0.2, 0.25) is 12.7 Å². The van der Waals surface area contributed by atoms with Gasteiger partial charge in [0, 0.05) is 20.3 Å². The molecule has 0 saturated carbocycles. The summed E-state index contributed by atoms with van der Waals surface area (Å²) in [4.78, 5) is 38.0. The molecule has 4 amide bonds. The van der Waals surface area contributed by atoms with Crippen molar-refractivity contribution >= 4 is 17.8 Å². The number of amides is 4. The van der Waals surface area contributed by atoms with Crippen LogP contribution in [0.4, 0.5) is 4.79 Å². The highest BCUT2D eigenvalue weighted by atomic mass is 16.7. The van der Waals surface area contributed by atoms with Gasteiger partial charge in [-0.2, -0.15) is 0 Å². The Kier molecular flexibility index (Phi) is 4.99. The van der Waals surface area contributed by atoms with E-state index in [4.69, 9.17) is 14.2 Å². The number of ether oxygens (including phenoxy) is 3. The molecule has 0 aliphatic carbocycles. The fourth-order valence-corrected chi connectivity index (χ4v) is 2.89. The highest BCUT2D eigenvalue weighted by molar-refractivity contribution is 6.09. The van der Waals surface area contributed by atoms with E-state index in [1.165, 1.54) is 0 Å². The molecule has 1 aromatic rings. The van der Waals surface area contributed by atoms with Crippen LogP contribution in [0.1, 0.15) is 18.9 Å². The second-order valence-corrected chi connectivity index (χ2v) is 6.21. The van der Waals surface area contributed by atoms with Gasteiger partial charge in [0.15, 0.2) is 11.5 Å². The molecule has 2 aliphatic heterocycles. The van der Waals surface area contributed by atoms with Crippen molar-refractivity contribution in [2.75, 3.05) is 33.6 Å². The summed E-state index contributed by atoms with van der Waals surface area (Å²) < 4.78 is 15.5. The van der Waals surface area contributed by atoms with E-state index in [1.807, 2.05) is 0 Å². The second kappa shape index (κ2) is 7.20. The van der Waals surface area contributed by atoms with Crippen LogP contribution in [0, 0.1) is 0 Å². The third-order valence-corrected chi connectivity index (χ3v) is 4.37. The van der Waals surface area contributed by atoms with Gasteiger partial charge in [0.25, 0.3) is 5.91 Å². The molecular weight excluding hydrogens is 342 g/mol. The SMILES string of the molecule is COCCCNC(=O)CN1C(=O)N[C@@](C)(c2ccc3c(c2)OCO3)C1=O. The number of hydrogen-bond acceptors (Lipinski definition) is 6. The normalized spacial score (nSPS) is 21.1.